The van der Waals surface area contributed by atoms with E-state index in [2.05, 4.69) is 60.0 Å². The van der Waals surface area contributed by atoms with Gasteiger partial charge in [-0.1, -0.05) is 50.3 Å². The van der Waals surface area contributed by atoms with Crippen LogP contribution in [0.1, 0.15) is 32.3 Å². The molecule has 0 heterocycles. The number of allylic oxidation sites excluding steroid dienone is 2. The summed E-state index contributed by atoms with van der Waals surface area (Å²) in [5, 5.41) is 8.09. The van der Waals surface area contributed by atoms with E-state index in [9.17, 15) is 0 Å². The van der Waals surface area contributed by atoms with Crippen LogP contribution in [0.3, 0.4) is 0 Å². The van der Waals surface area contributed by atoms with Gasteiger partial charge >= 0.3 is 0 Å². The van der Waals surface area contributed by atoms with E-state index in [1.54, 1.807) is 0 Å². The highest BCUT2D eigenvalue weighted by molar-refractivity contribution is 7.80. The largest absolute Gasteiger partial charge is 0.361 e. The molecule has 2 bridgehead atoms. The van der Waals surface area contributed by atoms with Gasteiger partial charge < -0.3 is 5.32 Å². The van der Waals surface area contributed by atoms with Gasteiger partial charge in [0.2, 0.25) is 0 Å². The van der Waals surface area contributed by atoms with Crippen LogP contribution in [0.2, 0.25) is 0 Å². The van der Waals surface area contributed by atoms with Crippen molar-refractivity contribution in [3.8, 4) is 0 Å². The SMILES string of the molecule is CC1(C)[C@H]2CC=C(C=NNC(=S)NCCc3ccccc3)[C@H]1C2. The van der Waals surface area contributed by atoms with Gasteiger partial charge in [0, 0.05) is 6.54 Å². The molecule has 0 saturated heterocycles. The number of nitrogens with zero attached hydrogens (tertiary/aromatic N) is 1. The van der Waals surface area contributed by atoms with Crippen LogP contribution in [0, 0.1) is 17.3 Å². The van der Waals surface area contributed by atoms with Crippen LogP contribution in [0.4, 0.5) is 0 Å². The van der Waals surface area contributed by atoms with Gasteiger partial charge in [-0.3, -0.25) is 5.43 Å². The van der Waals surface area contributed by atoms with Gasteiger partial charge in [-0.05, 0) is 59.9 Å². The Morgan fingerprint density at radius 1 is 1.35 bits per heavy atom. The highest BCUT2D eigenvalue weighted by Crippen LogP contribution is 2.58. The molecule has 0 aromatic heterocycles. The predicted molar refractivity (Wildman–Crippen MR) is 100 cm³/mol. The number of hydrazone groups is 1. The Morgan fingerprint density at radius 3 is 2.83 bits per heavy atom. The van der Waals surface area contributed by atoms with E-state index in [-0.39, 0.29) is 0 Å². The Bertz CT molecular complexity index is 619. The molecule has 4 rings (SSSR count). The first-order valence-corrected chi connectivity index (χ1v) is 8.79. The molecular formula is C19H25N3S. The summed E-state index contributed by atoms with van der Waals surface area (Å²) >= 11 is 5.27. The molecule has 1 saturated carbocycles. The summed E-state index contributed by atoms with van der Waals surface area (Å²) < 4.78 is 0. The summed E-state index contributed by atoms with van der Waals surface area (Å²) in [6.07, 6.45) is 7.73. The third-order valence-electron chi connectivity index (χ3n) is 5.43. The molecule has 1 aromatic rings. The molecule has 3 aliphatic carbocycles. The van der Waals surface area contributed by atoms with Gasteiger partial charge in [-0.25, -0.2) is 0 Å². The van der Waals surface area contributed by atoms with Crippen LogP contribution >= 0.6 is 12.2 Å². The fraction of sp³-hybridized carbons (Fsp3) is 0.474. The Hall–Kier alpha value is -1.68. The van der Waals surface area contributed by atoms with Gasteiger partial charge in [0.1, 0.15) is 0 Å². The third kappa shape index (κ3) is 3.63. The van der Waals surface area contributed by atoms with E-state index >= 15 is 0 Å². The van der Waals surface area contributed by atoms with Crippen LogP contribution in [0.5, 0.6) is 0 Å². The smallest absolute Gasteiger partial charge is 0.186 e. The Labute approximate surface area is 144 Å². The molecule has 4 heteroatoms. The summed E-state index contributed by atoms with van der Waals surface area (Å²) in [5.74, 6) is 1.52. The van der Waals surface area contributed by atoms with Gasteiger partial charge in [-0.2, -0.15) is 5.10 Å². The maximum Gasteiger partial charge on any atom is 0.186 e. The monoisotopic (exact) mass is 327 g/mol. The minimum absolute atomic E-state index is 0.435. The van der Waals surface area contributed by atoms with Crippen LogP contribution in [0.25, 0.3) is 0 Å². The molecule has 2 N–H and O–H groups in total. The predicted octanol–water partition coefficient (Wildman–Crippen LogP) is 3.67. The normalized spacial score (nSPS) is 24.7. The highest BCUT2D eigenvalue weighted by Gasteiger charge is 2.50. The summed E-state index contributed by atoms with van der Waals surface area (Å²) in [4.78, 5) is 0. The number of rotatable bonds is 5. The Morgan fingerprint density at radius 2 is 2.13 bits per heavy atom. The van der Waals surface area contributed by atoms with Crippen molar-refractivity contribution in [2.45, 2.75) is 33.1 Å². The first-order valence-electron chi connectivity index (χ1n) is 8.38. The van der Waals surface area contributed by atoms with E-state index in [0.29, 0.717) is 16.4 Å². The number of hydrogen-bond acceptors (Lipinski definition) is 2. The number of benzene rings is 1. The van der Waals surface area contributed by atoms with Crippen LogP contribution < -0.4 is 10.7 Å². The van der Waals surface area contributed by atoms with E-state index < -0.39 is 0 Å². The molecule has 1 aromatic carbocycles. The van der Waals surface area contributed by atoms with Crippen LogP contribution in [0.15, 0.2) is 47.1 Å². The first-order chi connectivity index (χ1) is 11.1. The lowest BCUT2D eigenvalue weighted by molar-refractivity contribution is -0.00126. The molecule has 1 fully saturated rings. The zero-order valence-electron chi connectivity index (χ0n) is 13.9. The summed E-state index contributed by atoms with van der Waals surface area (Å²) in [6.45, 7) is 5.55. The molecule has 0 amide bonds. The topological polar surface area (TPSA) is 36.4 Å². The second-order valence-electron chi connectivity index (χ2n) is 7.11. The molecule has 0 spiro atoms. The van der Waals surface area contributed by atoms with Crippen molar-refractivity contribution in [2.75, 3.05) is 6.54 Å². The quantitative estimate of drug-likeness (QED) is 0.492. The number of hydrogen-bond donors (Lipinski definition) is 2. The number of fused-ring (bicyclic) bond motifs is 1. The van der Waals surface area contributed by atoms with Crippen molar-refractivity contribution < 1.29 is 0 Å². The average molecular weight is 327 g/mol. The van der Waals surface area contributed by atoms with Crippen molar-refractivity contribution in [3.63, 3.8) is 0 Å². The second-order valence-corrected chi connectivity index (χ2v) is 7.52. The fourth-order valence-electron chi connectivity index (χ4n) is 3.71. The maximum absolute atomic E-state index is 5.27. The maximum atomic E-state index is 5.27. The number of thiocarbonyl (C=S) groups is 1. The first kappa shape index (κ1) is 16.2. The lowest BCUT2D eigenvalue weighted by Crippen LogP contribution is -2.48. The third-order valence-corrected chi connectivity index (χ3v) is 5.67. The van der Waals surface area contributed by atoms with Gasteiger partial charge in [0.05, 0.1) is 6.21 Å². The van der Waals surface area contributed by atoms with Crippen molar-refractivity contribution in [2.24, 2.45) is 22.4 Å². The van der Waals surface area contributed by atoms with Crippen molar-refractivity contribution in [3.05, 3.63) is 47.5 Å². The molecule has 0 unspecified atom stereocenters. The van der Waals surface area contributed by atoms with E-state index in [4.69, 9.17) is 12.2 Å². The number of nitrogens with one attached hydrogen (secondary N) is 2. The highest BCUT2D eigenvalue weighted by atomic mass is 32.1. The molecule has 2 atom stereocenters. The van der Waals surface area contributed by atoms with Crippen molar-refractivity contribution >= 4 is 23.5 Å². The lowest BCUT2D eigenvalue weighted by atomic mass is 9.49. The standard InChI is InChI=1S/C19H25N3S/c1-19(2)16-9-8-15(17(19)12-16)13-21-22-18(23)20-11-10-14-6-4-3-5-7-14/h3-8,13,16-17H,9-12H2,1-2H3,(H2,20,22,23)/t16-,17+/m0/s1. The minimum atomic E-state index is 0.435. The fourth-order valence-corrected chi connectivity index (χ4v) is 3.87. The van der Waals surface area contributed by atoms with E-state index in [1.807, 2.05) is 12.3 Å². The van der Waals surface area contributed by atoms with E-state index in [1.165, 1.54) is 24.0 Å². The van der Waals surface area contributed by atoms with Crippen LogP contribution in [-0.4, -0.2) is 17.9 Å². The summed E-state index contributed by atoms with van der Waals surface area (Å²) in [7, 11) is 0. The molecule has 3 aliphatic rings. The second kappa shape index (κ2) is 6.83. The molecule has 23 heavy (non-hydrogen) atoms. The minimum Gasteiger partial charge on any atom is -0.361 e. The molecule has 122 valence electrons. The molecule has 0 radical (unpaired) electrons. The Balaban J connectivity index is 1.40. The molecule has 0 aliphatic heterocycles. The summed E-state index contributed by atoms with van der Waals surface area (Å²) in [6, 6.07) is 10.4. The van der Waals surface area contributed by atoms with Crippen molar-refractivity contribution in [1.29, 1.82) is 0 Å². The van der Waals surface area contributed by atoms with Crippen LogP contribution in [-0.2, 0) is 6.42 Å². The zero-order chi connectivity index (χ0) is 16.3. The molecular weight excluding hydrogens is 302 g/mol. The van der Waals surface area contributed by atoms with Crippen molar-refractivity contribution in [1.82, 2.24) is 10.7 Å². The van der Waals surface area contributed by atoms with Gasteiger partial charge in [0.25, 0.3) is 0 Å². The Kier molecular flexibility index (Phi) is 4.81. The van der Waals surface area contributed by atoms with Gasteiger partial charge in [0.15, 0.2) is 5.11 Å². The summed E-state index contributed by atoms with van der Waals surface area (Å²) in [5.41, 5.74) is 6.03. The lowest BCUT2D eigenvalue weighted by Gasteiger charge is -2.55. The molecule has 3 nitrogen and oxygen atoms in total. The zero-order valence-corrected chi connectivity index (χ0v) is 14.7. The van der Waals surface area contributed by atoms with Gasteiger partial charge in [-0.15, -0.1) is 0 Å². The van der Waals surface area contributed by atoms with E-state index in [0.717, 1.165) is 18.9 Å². The average Bonchev–Trinajstić information content (AvgIpc) is 2.56.